The Kier molecular flexibility index (Phi) is 8.22. The molecule has 0 saturated heterocycles. The quantitative estimate of drug-likeness (QED) is 0.342. The Hall–Kier alpha value is -4.04. The summed E-state index contributed by atoms with van der Waals surface area (Å²) in [6.45, 7) is 4.12. The Labute approximate surface area is 225 Å². The van der Waals surface area contributed by atoms with Crippen LogP contribution < -0.4 is 26.0 Å². The average Bonchev–Trinajstić information content (AvgIpc) is 2.93. The van der Waals surface area contributed by atoms with Gasteiger partial charge in [-0.3, -0.25) is 18.7 Å². The maximum absolute atomic E-state index is 13.8. The van der Waals surface area contributed by atoms with E-state index < -0.39 is 11.2 Å². The first-order valence-corrected chi connectivity index (χ1v) is 12.7. The van der Waals surface area contributed by atoms with Gasteiger partial charge in [0.15, 0.2) is 11.5 Å². The largest absolute Gasteiger partial charge is 0.493 e. The molecular formula is C29H30ClN3O5. The number of halogens is 1. The third-order valence-corrected chi connectivity index (χ3v) is 6.93. The second-order valence-electron chi connectivity index (χ2n) is 9.06. The summed E-state index contributed by atoms with van der Waals surface area (Å²) in [4.78, 5) is 39.8. The lowest BCUT2D eigenvalue weighted by Gasteiger charge is -2.17. The number of hydrogen-bond acceptors (Lipinski definition) is 5. The topological polar surface area (TPSA) is 91.6 Å². The van der Waals surface area contributed by atoms with Crippen LogP contribution in [0.1, 0.15) is 41.8 Å². The Morgan fingerprint density at radius 1 is 0.947 bits per heavy atom. The molecule has 198 valence electrons. The molecule has 8 nitrogen and oxygen atoms in total. The van der Waals surface area contributed by atoms with Gasteiger partial charge in [-0.2, -0.15) is 0 Å². The minimum absolute atomic E-state index is 0.0255. The molecular weight excluding hydrogens is 506 g/mol. The normalized spacial score (nSPS) is 11.8. The van der Waals surface area contributed by atoms with E-state index in [2.05, 4.69) is 5.32 Å². The van der Waals surface area contributed by atoms with Crippen molar-refractivity contribution in [1.29, 1.82) is 0 Å². The van der Waals surface area contributed by atoms with E-state index in [9.17, 15) is 14.4 Å². The standard InChI is InChI=1S/C29H30ClN3O5/c1-5-18(2)31-27(34)20-12-10-19(11-13-20)16-33-28(35)22-14-25(37-3)26(38-4)15-24(22)32(29(33)36)17-21-8-6-7-9-23(21)30/h6-15,18H,5,16-17H2,1-4H3,(H,31,34)/t18-/m1/s1. The number of ether oxygens (including phenoxy) is 2. The summed E-state index contributed by atoms with van der Waals surface area (Å²) in [6.07, 6.45) is 0.825. The number of benzene rings is 3. The molecule has 4 rings (SSSR count). The Morgan fingerprint density at radius 2 is 1.61 bits per heavy atom. The molecule has 38 heavy (non-hydrogen) atoms. The highest BCUT2D eigenvalue weighted by Crippen LogP contribution is 2.31. The Morgan fingerprint density at radius 3 is 2.24 bits per heavy atom. The van der Waals surface area contributed by atoms with Crippen molar-refractivity contribution in [2.45, 2.75) is 39.4 Å². The lowest BCUT2D eigenvalue weighted by molar-refractivity contribution is 0.0939. The summed E-state index contributed by atoms with van der Waals surface area (Å²) >= 11 is 6.40. The molecule has 1 amide bonds. The smallest absolute Gasteiger partial charge is 0.332 e. The summed E-state index contributed by atoms with van der Waals surface area (Å²) in [6, 6.07) is 17.4. The van der Waals surface area contributed by atoms with E-state index in [1.165, 1.54) is 23.4 Å². The molecule has 0 aliphatic rings. The maximum Gasteiger partial charge on any atom is 0.332 e. The molecule has 0 bridgehead atoms. The molecule has 9 heteroatoms. The molecule has 0 unspecified atom stereocenters. The SMILES string of the molecule is CC[C@@H](C)NC(=O)c1ccc(Cn2c(=O)c3cc(OC)c(OC)cc3n(Cc3ccccc3Cl)c2=O)cc1. The molecule has 1 heterocycles. The van der Waals surface area contributed by atoms with E-state index in [0.717, 1.165) is 12.0 Å². The van der Waals surface area contributed by atoms with Crippen molar-refractivity contribution in [3.63, 3.8) is 0 Å². The fourth-order valence-electron chi connectivity index (χ4n) is 4.19. The number of fused-ring (bicyclic) bond motifs is 1. The molecule has 0 aliphatic carbocycles. The third-order valence-electron chi connectivity index (χ3n) is 6.56. The highest BCUT2D eigenvalue weighted by molar-refractivity contribution is 6.31. The van der Waals surface area contributed by atoms with Crippen LogP contribution >= 0.6 is 11.6 Å². The second kappa shape index (κ2) is 11.6. The minimum atomic E-state index is -0.492. The number of hydrogen-bond donors (Lipinski definition) is 1. The number of nitrogens with zero attached hydrogens (tertiary/aromatic N) is 2. The van der Waals surface area contributed by atoms with Crippen molar-refractivity contribution in [1.82, 2.24) is 14.5 Å². The second-order valence-corrected chi connectivity index (χ2v) is 9.46. The average molecular weight is 536 g/mol. The van der Waals surface area contributed by atoms with Crippen LogP contribution in [-0.2, 0) is 13.1 Å². The molecule has 0 spiro atoms. The van der Waals surface area contributed by atoms with Crippen molar-refractivity contribution >= 4 is 28.4 Å². The number of aromatic nitrogens is 2. The van der Waals surface area contributed by atoms with Crippen molar-refractivity contribution in [2.75, 3.05) is 14.2 Å². The summed E-state index contributed by atoms with van der Waals surface area (Å²) in [5.41, 5.74) is 1.40. The van der Waals surface area contributed by atoms with Crippen molar-refractivity contribution in [3.05, 3.63) is 103 Å². The van der Waals surface area contributed by atoms with E-state index in [0.29, 0.717) is 38.6 Å². The van der Waals surface area contributed by atoms with Crippen molar-refractivity contribution in [2.24, 2.45) is 0 Å². The van der Waals surface area contributed by atoms with Gasteiger partial charge in [-0.05, 0) is 48.7 Å². The molecule has 1 aromatic heterocycles. The van der Waals surface area contributed by atoms with E-state index >= 15 is 0 Å². The van der Waals surface area contributed by atoms with Crippen LogP contribution in [0.25, 0.3) is 10.9 Å². The van der Waals surface area contributed by atoms with Gasteiger partial charge in [0.1, 0.15) is 0 Å². The van der Waals surface area contributed by atoms with Gasteiger partial charge in [-0.1, -0.05) is 48.9 Å². The fourth-order valence-corrected chi connectivity index (χ4v) is 4.38. The van der Waals surface area contributed by atoms with Crippen LogP contribution in [0.2, 0.25) is 5.02 Å². The number of amides is 1. The lowest BCUT2D eigenvalue weighted by Crippen LogP contribution is -2.40. The molecule has 3 aromatic carbocycles. The van der Waals surface area contributed by atoms with Gasteiger partial charge in [-0.15, -0.1) is 0 Å². The zero-order valence-electron chi connectivity index (χ0n) is 21.8. The summed E-state index contributed by atoms with van der Waals surface area (Å²) < 4.78 is 13.5. The molecule has 0 fully saturated rings. The Balaban J connectivity index is 1.82. The number of carbonyl (C=O) groups is 1. The number of carbonyl (C=O) groups excluding carboxylic acids is 1. The first-order valence-electron chi connectivity index (χ1n) is 12.3. The van der Waals surface area contributed by atoms with Crippen LogP contribution in [0.3, 0.4) is 0 Å². The highest BCUT2D eigenvalue weighted by Gasteiger charge is 2.18. The molecule has 1 N–H and O–H groups in total. The molecule has 1 atom stereocenters. The predicted octanol–water partition coefficient (Wildman–Crippen LogP) is 4.46. The van der Waals surface area contributed by atoms with Gasteiger partial charge in [0.05, 0.1) is 38.2 Å². The maximum atomic E-state index is 13.8. The molecule has 0 aliphatic heterocycles. The first kappa shape index (κ1) is 27.0. The molecule has 4 aromatic rings. The summed E-state index contributed by atoms with van der Waals surface area (Å²) in [5, 5.41) is 3.74. The van der Waals surface area contributed by atoms with Crippen LogP contribution in [0.15, 0.2) is 70.3 Å². The lowest BCUT2D eigenvalue weighted by atomic mass is 10.1. The van der Waals surface area contributed by atoms with E-state index in [-0.39, 0.29) is 25.0 Å². The van der Waals surface area contributed by atoms with Crippen LogP contribution in [-0.4, -0.2) is 35.3 Å². The first-order chi connectivity index (χ1) is 18.3. The van der Waals surface area contributed by atoms with E-state index in [1.807, 2.05) is 32.0 Å². The molecule has 0 saturated carbocycles. The van der Waals surface area contributed by atoms with Crippen LogP contribution in [0.5, 0.6) is 11.5 Å². The van der Waals surface area contributed by atoms with Gasteiger partial charge in [0.2, 0.25) is 0 Å². The van der Waals surface area contributed by atoms with E-state index in [1.54, 1.807) is 42.5 Å². The summed E-state index contributed by atoms with van der Waals surface area (Å²) in [5.74, 6) is 0.607. The van der Waals surface area contributed by atoms with Crippen LogP contribution in [0.4, 0.5) is 0 Å². The highest BCUT2D eigenvalue weighted by atomic mass is 35.5. The van der Waals surface area contributed by atoms with Gasteiger partial charge in [0.25, 0.3) is 11.5 Å². The van der Waals surface area contributed by atoms with Gasteiger partial charge >= 0.3 is 5.69 Å². The number of rotatable bonds is 9. The predicted molar refractivity (Wildman–Crippen MR) is 149 cm³/mol. The summed E-state index contributed by atoms with van der Waals surface area (Å²) in [7, 11) is 2.98. The van der Waals surface area contributed by atoms with Gasteiger partial charge < -0.3 is 14.8 Å². The number of methoxy groups -OCH3 is 2. The van der Waals surface area contributed by atoms with Gasteiger partial charge in [0, 0.05) is 22.7 Å². The molecule has 0 radical (unpaired) electrons. The monoisotopic (exact) mass is 535 g/mol. The zero-order chi connectivity index (χ0) is 27.4. The Bertz CT molecular complexity index is 1590. The zero-order valence-corrected chi connectivity index (χ0v) is 22.5. The third kappa shape index (κ3) is 5.45. The van der Waals surface area contributed by atoms with Gasteiger partial charge in [-0.25, -0.2) is 4.79 Å². The number of nitrogens with one attached hydrogen (secondary N) is 1. The minimum Gasteiger partial charge on any atom is -0.493 e. The van der Waals surface area contributed by atoms with Crippen molar-refractivity contribution < 1.29 is 14.3 Å². The van der Waals surface area contributed by atoms with Crippen molar-refractivity contribution in [3.8, 4) is 11.5 Å². The fraction of sp³-hybridized carbons (Fsp3) is 0.276. The van der Waals surface area contributed by atoms with Crippen LogP contribution in [0, 0.1) is 0 Å². The van der Waals surface area contributed by atoms with E-state index in [4.69, 9.17) is 21.1 Å².